The molecule has 0 saturated heterocycles. The number of aromatic nitrogens is 1. The molecule has 49 heavy (non-hydrogen) atoms. The van der Waals surface area contributed by atoms with Crippen LogP contribution < -0.4 is 11.5 Å². The molecule has 5 aromatic rings. The van der Waals surface area contributed by atoms with Gasteiger partial charge in [0.05, 0.1) is 11.4 Å². The van der Waals surface area contributed by atoms with Gasteiger partial charge in [0, 0.05) is 17.5 Å². The predicted octanol–water partition coefficient (Wildman–Crippen LogP) is 11.5. The van der Waals surface area contributed by atoms with E-state index in [1.807, 2.05) is 43.4 Å². The van der Waals surface area contributed by atoms with Gasteiger partial charge in [-0.3, -0.25) is 0 Å². The zero-order valence-electron chi connectivity index (χ0n) is 28.9. The second-order valence-corrected chi connectivity index (χ2v) is 12.0. The minimum atomic E-state index is 0.982. The van der Waals surface area contributed by atoms with Gasteiger partial charge in [0.25, 0.3) is 0 Å². The van der Waals surface area contributed by atoms with Gasteiger partial charge in [-0.05, 0) is 132 Å². The quantitative estimate of drug-likeness (QED) is 0.141. The van der Waals surface area contributed by atoms with Gasteiger partial charge in [-0.2, -0.15) is 0 Å². The fraction of sp³-hybridized carbons (Fsp3) is 0.0870. The molecule has 0 amide bonds. The Morgan fingerprint density at radius 3 is 2.06 bits per heavy atom. The van der Waals surface area contributed by atoms with Crippen molar-refractivity contribution in [1.82, 2.24) is 4.57 Å². The standard InChI is InChI=1S/C46H45N3/c1-7-15-42(31-48)38-23-21-37(22-24-38)35(8-2)30-45-33(5)34(6)46(49(45)43-19-11-10-12-20-43)44-26-25-41(28-36(44)9-3)40-18-13-17-39(29-40)32(4)16-14-27-47/h7-31H,2-3,47-48H2,1,4-6H3/b15-7-,27-14-,32-16+,35-30+,42-31+. The lowest BCUT2D eigenvalue weighted by molar-refractivity contribution is 1.06. The van der Waals surface area contributed by atoms with Gasteiger partial charge < -0.3 is 16.0 Å². The Kier molecular flexibility index (Phi) is 11.0. The molecule has 4 N–H and O–H groups in total. The Morgan fingerprint density at radius 2 is 1.43 bits per heavy atom. The topological polar surface area (TPSA) is 57.0 Å². The van der Waals surface area contributed by atoms with Gasteiger partial charge in [0.2, 0.25) is 0 Å². The lowest BCUT2D eigenvalue weighted by atomic mass is 9.94. The molecule has 0 unspecified atom stereocenters. The molecule has 4 aromatic carbocycles. The van der Waals surface area contributed by atoms with Crippen LogP contribution in [-0.2, 0) is 0 Å². The summed E-state index contributed by atoms with van der Waals surface area (Å²) in [6.07, 6.45) is 17.2. The van der Waals surface area contributed by atoms with E-state index in [1.54, 1.807) is 12.4 Å². The number of hydrogen-bond acceptors (Lipinski definition) is 2. The first-order chi connectivity index (χ1) is 23.8. The van der Waals surface area contributed by atoms with Crippen LogP contribution in [0.3, 0.4) is 0 Å². The molecule has 0 atom stereocenters. The number of rotatable bonds is 11. The Labute approximate surface area is 292 Å². The Bertz CT molecular complexity index is 2130. The molecule has 0 spiro atoms. The van der Waals surface area contributed by atoms with Crippen molar-refractivity contribution in [1.29, 1.82) is 0 Å². The number of allylic oxidation sites excluding steroid dienone is 8. The normalized spacial score (nSPS) is 12.6. The number of nitrogens with zero attached hydrogens (tertiary/aromatic N) is 1. The van der Waals surface area contributed by atoms with Crippen molar-refractivity contribution in [3.05, 3.63) is 192 Å². The molecule has 0 radical (unpaired) electrons. The zero-order valence-corrected chi connectivity index (χ0v) is 28.9. The summed E-state index contributed by atoms with van der Waals surface area (Å²) in [5.74, 6) is 0. The number of nitrogens with two attached hydrogens (primary N) is 2. The summed E-state index contributed by atoms with van der Waals surface area (Å²) in [6.45, 7) is 17.0. The monoisotopic (exact) mass is 639 g/mol. The van der Waals surface area contributed by atoms with Crippen LogP contribution in [0, 0.1) is 13.8 Å². The summed E-state index contributed by atoms with van der Waals surface area (Å²) in [7, 11) is 0. The highest BCUT2D eigenvalue weighted by atomic mass is 15.0. The van der Waals surface area contributed by atoms with Crippen molar-refractivity contribution in [2.45, 2.75) is 27.7 Å². The first-order valence-electron chi connectivity index (χ1n) is 16.5. The van der Waals surface area contributed by atoms with Crippen LogP contribution in [0.1, 0.15) is 52.9 Å². The lowest BCUT2D eigenvalue weighted by Gasteiger charge is -2.17. The zero-order chi connectivity index (χ0) is 34.9. The molecule has 244 valence electrons. The molecule has 0 aliphatic heterocycles. The molecule has 0 aliphatic rings. The van der Waals surface area contributed by atoms with Crippen LogP contribution in [0.25, 0.3) is 56.9 Å². The van der Waals surface area contributed by atoms with Crippen LogP contribution >= 0.6 is 0 Å². The fourth-order valence-corrected chi connectivity index (χ4v) is 6.22. The molecular formula is C46H45N3. The molecule has 3 heteroatoms. The van der Waals surface area contributed by atoms with Gasteiger partial charge >= 0.3 is 0 Å². The van der Waals surface area contributed by atoms with E-state index in [2.05, 4.69) is 142 Å². The molecule has 0 aliphatic carbocycles. The summed E-state index contributed by atoms with van der Waals surface area (Å²) >= 11 is 0. The summed E-state index contributed by atoms with van der Waals surface area (Å²) in [5.41, 5.74) is 28.2. The van der Waals surface area contributed by atoms with Gasteiger partial charge in [-0.1, -0.05) is 116 Å². The molecular weight excluding hydrogens is 595 g/mol. The van der Waals surface area contributed by atoms with E-state index in [1.165, 1.54) is 11.1 Å². The highest BCUT2D eigenvalue weighted by molar-refractivity contribution is 5.91. The van der Waals surface area contributed by atoms with E-state index in [0.29, 0.717) is 0 Å². The smallest absolute Gasteiger partial charge is 0.0572 e. The average molecular weight is 640 g/mol. The number of para-hydroxylation sites is 1. The highest BCUT2D eigenvalue weighted by Crippen LogP contribution is 2.39. The molecule has 0 saturated carbocycles. The van der Waals surface area contributed by atoms with Gasteiger partial charge in [0.15, 0.2) is 0 Å². The Hall–Kier alpha value is -6.06. The molecule has 5 rings (SSSR count). The summed E-state index contributed by atoms with van der Waals surface area (Å²) in [4.78, 5) is 0. The van der Waals surface area contributed by atoms with Gasteiger partial charge in [-0.25, -0.2) is 0 Å². The first kappa shape index (κ1) is 34.3. The maximum absolute atomic E-state index is 5.90. The van der Waals surface area contributed by atoms with Crippen molar-refractivity contribution >= 4 is 28.9 Å². The second-order valence-electron chi connectivity index (χ2n) is 12.0. The highest BCUT2D eigenvalue weighted by Gasteiger charge is 2.21. The van der Waals surface area contributed by atoms with Crippen LogP contribution in [-0.4, -0.2) is 4.57 Å². The third-order valence-corrected chi connectivity index (χ3v) is 9.01. The predicted molar refractivity (Wildman–Crippen MR) is 215 cm³/mol. The van der Waals surface area contributed by atoms with Crippen LogP contribution in [0.2, 0.25) is 0 Å². The fourth-order valence-electron chi connectivity index (χ4n) is 6.22. The van der Waals surface area contributed by atoms with Crippen LogP contribution in [0.5, 0.6) is 0 Å². The van der Waals surface area contributed by atoms with E-state index in [4.69, 9.17) is 11.5 Å². The Morgan fingerprint density at radius 1 is 0.735 bits per heavy atom. The summed E-state index contributed by atoms with van der Waals surface area (Å²) < 4.78 is 2.37. The number of benzene rings is 4. The summed E-state index contributed by atoms with van der Waals surface area (Å²) in [5, 5.41) is 0. The maximum Gasteiger partial charge on any atom is 0.0572 e. The van der Waals surface area contributed by atoms with Crippen molar-refractivity contribution in [2.75, 3.05) is 0 Å². The van der Waals surface area contributed by atoms with Gasteiger partial charge in [-0.15, -0.1) is 0 Å². The van der Waals surface area contributed by atoms with E-state index in [9.17, 15) is 0 Å². The largest absolute Gasteiger partial charge is 0.405 e. The maximum atomic E-state index is 5.90. The number of hydrogen-bond donors (Lipinski definition) is 2. The SMILES string of the molecule is C=C/C(=C\c1c(C)c(C)c(-c2ccc(-c3cccc(/C(C)=C/C=C\N)c3)cc2C=C)n1-c1ccccc1)c1ccc(C(/C=C\C)=C/N)cc1. The van der Waals surface area contributed by atoms with E-state index >= 15 is 0 Å². The molecule has 1 heterocycles. The second kappa shape index (κ2) is 15.7. The molecule has 0 fully saturated rings. The van der Waals surface area contributed by atoms with Crippen molar-refractivity contribution < 1.29 is 0 Å². The van der Waals surface area contributed by atoms with Crippen molar-refractivity contribution in [3.63, 3.8) is 0 Å². The van der Waals surface area contributed by atoms with Gasteiger partial charge in [0.1, 0.15) is 0 Å². The molecule has 1 aromatic heterocycles. The van der Waals surface area contributed by atoms with Crippen LogP contribution in [0.15, 0.2) is 153 Å². The Balaban J connectivity index is 1.66. The molecule has 0 bridgehead atoms. The molecule has 3 nitrogen and oxygen atoms in total. The van der Waals surface area contributed by atoms with Crippen molar-refractivity contribution in [2.24, 2.45) is 11.5 Å². The van der Waals surface area contributed by atoms with Crippen LogP contribution in [0.4, 0.5) is 0 Å². The minimum Gasteiger partial charge on any atom is -0.405 e. The minimum absolute atomic E-state index is 0.982. The summed E-state index contributed by atoms with van der Waals surface area (Å²) in [6, 6.07) is 34.3. The van der Waals surface area contributed by atoms with E-state index in [-0.39, 0.29) is 0 Å². The lowest BCUT2D eigenvalue weighted by Crippen LogP contribution is -2.01. The average Bonchev–Trinajstić information content (AvgIpc) is 3.40. The third kappa shape index (κ3) is 7.27. The third-order valence-electron chi connectivity index (χ3n) is 9.01. The van der Waals surface area contributed by atoms with E-state index in [0.717, 1.165) is 72.7 Å². The first-order valence-corrected chi connectivity index (χ1v) is 16.5. The van der Waals surface area contributed by atoms with E-state index < -0.39 is 0 Å². The van der Waals surface area contributed by atoms with Crippen molar-refractivity contribution in [3.8, 4) is 28.1 Å².